The fourth-order valence-corrected chi connectivity index (χ4v) is 5.55. The highest BCUT2D eigenvalue weighted by Crippen LogP contribution is 2.39. The number of pyridine rings is 1. The summed E-state index contributed by atoms with van der Waals surface area (Å²) in [4.78, 5) is 10.1. The van der Waals surface area contributed by atoms with Crippen LogP contribution in [0.3, 0.4) is 0 Å². The number of hydrogen-bond acceptors (Lipinski definition) is 3. The lowest BCUT2D eigenvalue weighted by molar-refractivity contribution is 0.571. The first-order chi connectivity index (χ1) is 20.1. The first-order valence-corrected chi connectivity index (χ1v) is 14.1. The lowest BCUT2D eigenvalue weighted by atomic mass is 9.92. The van der Waals surface area contributed by atoms with E-state index in [9.17, 15) is 0 Å². The summed E-state index contributed by atoms with van der Waals surface area (Å²) in [7, 11) is 0. The van der Waals surface area contributed by atoms with Crippen molar-refractivity contribution >= 4 is 33.1 Å². The van der Waals surface area contributed by atoms with Crippen molar-refractivity contribution in [2.24, 2.45) is 0 Å². The Kier molecular flexibility index (Phi) is 5.56. The van der Waals surface area contributed by atoms with Crippen LogP contribution in [-0.4, -0.2) is 14.5 Å². The van der Waals surface area contributed by atoms with Gasteiger partial charge in [0.1, 0.15) is 11.2 Å². The van der Waals surface area contributed by atoms with Crippen molar-refractivity contribution in [1.29, 1.82) is 0 Å². The third kappa shape index (κ3) is 4.31. The Bertz CT molecular complexity index is 2090. The lowest BCUT2D eigenvalue weighted by Gasteiger charge is -2.17. The molecule has 41 heavy (non-hydrogen) atoms. The number of hydrogen-bond donors (Lipinski definition) is 0. The summed E-state index contributed by atoms with van der Waals surface area (Å²) in [6.07, 6.45) is 0. The number of para-hydroxylation sites is 2. The van der Waals surface area contributed by atoms with E-state index in [1.807, 2.05) is 44.2 Å². The van der Waals surface area contributed by atoms with Crippen molar-refractivity contribution in [3.05, 3.63) is 114 Å². The van der Waals surface area contributed by atoms with E-state index >= 15 is 0 Å². The zero-order chi connectivity index (χ0) is 29.2. The molecule has 4 nitrogen and oxygen atoms in total. The molecule has 0 unspecified atom stereocenters. The minimum absolute atomic E-state index is 0.0843. The maximum Gasteiger partial charge on any atom is 0.178 e. The van der Waals surface area contributed by atoms with Gasteiger partial charge in [-0.2, -0.15) is 0 Å². The molecule has 0 saturated heterocycles. The molecule has 0 aliphatic heterocycles. The van der Waals surface area contributed by atoms with Crippen molar-refractivity contribution in [3.63, 3.8) is 0 Å². The Morgan fingerprint density at radius 1 is 0.756 bits per heavy atom. The normalized spacial score (nSPS) is 12.9. The van der Waals surface area contributed by atoms with Gasteiger partial charge in [-0.3, -0.25) is 4.57 Å². The summed E-state index contributed by atoms with van der Waals surface area (Å²) in [5, 5.41) is 2.12. The van der Waals surface area contributed by atoms with Gasteiger partial charge in [0.25, 0.3) is 0 Å². The molecule has 7 rings (SSSR count). The number of aromatic nitrogens is 3. The molecule has 0 atom stereocenters. The number of furan rings is 1. The number of benzene rings is 4. The predicted molar refractivity (Wildman–Crippen MR) is 170 cm³/mol. The predicted octanol–water partition coefficient (Wildman–Crippen LogP) is 10.1. The van der Waals surface area contributed by atoms with Crippen LogP contribution in [0.15, 0.2) is 108 Å². The van der Waals surface area contributed by atoms with Gasteiger partial charge in [-0.1, -0.05) is 95.3 Å². The molecule has 0 bridgehead atoms. The topological polar surface area (TPSA) is 43.9 Å². The molecule has 3 aromatic heterocycles. The number of nitrogens with zero attached hydrogens (tertiary/aromatic N) is 3. The van der Waals surface area contributed by atoms with Crippen LogP contribution in [0, 0.1) is 0 Å². The lowest BCUT2D eigenvalue weighted by Crippen LogP contribution is -2.13. The van der Waals surface area contributed by atoms with E-state index in [4.69, 9.17) is 15.8 Å². The van der Waals surface area contributed by atoms with E-state index in [1.165, 1.54) is 0 Å². The Hall–Kier alpha value is -4.70. The monoisotopic (exact) mass is 536 g/mol. The van der Waals surface area contributed by atoms with Gasteiger partial charge in [0.05, 0.1) is 11.1 Å². The molecule has 202 valence electrons. The van der Waals surface area contributed by atoms with Crippen LogP contribution in [-0.2, 0) is 5.41 Å². The van der Waals surface area contributed by atoms with Crippen LogP contribution in [0.25, 0.3) is 61.3 Å². The summed E-state index contributed by atoms with van der Waals surface area (Å²) in [5.41, 5.74) is 9.34. The van der Waals surface area contributed by atoms with Gasteiger partial charge in [-0.25, -0.2) is 9.97 Å². The molecule has 7 aromatic rings. The largest absolute Gasteiger partial charge is 0.455 e. The van der Waals surface area contributed by atoms with Gasteiger partial charge in [-0.15, -0.1) is 0 Å². The molecule has 0 spiro atoms. The molecule has 0 aliphatic carbocycles. The molecule has 0 saturated carbocycles. The second-order valence-corrected chi connectivity index (χ2v) is 12.0. The Balaban J connectivity index is 1.42. The average molecular weight is 537 g/mol. The van der Waals surface area contributed by atoms with E-state index in [1.54, 1.807) is 0 Å². The average Bonchev–Trinajstić information content (AvgIpc) is 3.54. The van der Waals surface area contributed by atoms with E-state index in [2.05, 4.69) is 98.1 Å². The van der Waals surface area contributed by atoms with Crippen LogP contribution < -0.4 is 0 Å². The summed E-state index contributed by atoms with van der Waals surface area (Å²) < 4.78 is 17.1. The molecule has 4 aromatic carbocycles. The summed E-state index contributed by atoms with van der Waals surface area (Å²) >= 11 is 0. The van der Waals surface area contributed by atoms with E-state index in [0.717, 1.165) is 72.6 Å². The van der Waals surface area contributed by atoms with Gasteiger partial charge in [-0.05, 0) is 65.0 Å². The first kappa shape index (κ1) is 24.1. The Labute approximate surface area is 241 Å². The third-order valence-electron chi connectivity index (χ3n) is 7.84. The highest BCUT2D eigenvalue weighted by molar-refractivity contribution is 6.10. The molecule has 3 heterocycles. The molecular weight excluding hydrogens is 502 g/mol. The smallest absolute Gasteiger partial charge is 0.178 e. The van der Waals surface area contributed by atoms with Crippen LogP contribution in [0.5, 0.6) is 0 Å². The molecule has 0 N–H and O–H groups in total. The fraction of sp³-hybridized carbons (Fsp3) is 0.189. The van der Waals surface area contributed by atoms with Crippen molar-refractivity contribution in [1.82, 2.24) is 14.5 Å². The summed E-state index contributed by atoms with van der Waals surface area (Å²) in [6, 6.07) is 35.4. The maximum absolute atomic E-state index is 8.33. The Morgan fingerprint density at radius 3 is 2.24 bits per heavy atom. The maximum atomic E-state index is 8.33. The third-order valence-corrected chi connectivity index (χ3v) is 7.84. The molecule has 4 heteroatoms. The van der Waals surface area contributed by atoms with Crippen LogP contribution in [0.4, 0.5) is 0 Å². The fourth-order valence-electron chi connectivity index (χ4n) is 5.55. The van der Waals surface area contributed by atoms with Gasteiger partial charge in [0.15, 0.2) is 11.5 Å². The van der Waals surface area contributed by atoms with Gasteiger partial charge in [0.2, 0.25) is 0 Å². The second kappa shape index (κ2) is 9.45. The number of imidazole rings is 1. The van der Waals surface area contributed by atoms with Crippen LogP contribution in [0.1, 0.15) is 53.1 Å². The number of rotatable bonds is 4. The Morgan fingerprint density at radius 2 is 1.51 bits per heavy atom. The van der Waals surface area contributed by atoms with Gasteiger partial charge in [0, 0.05) is 28.9 Å². The molecule has 0 amide bonds. The van der Waals surface area contributed by atoms with Crippen molar-refractivity contribution in [3.8, 4) is 28.2 Å². The van der Waals surface area contributed by atoms with Crippen molar-refractivity contribution in [2.75, 3.05) is 0 Å². The minimum atomic E-state index is -0.627. The van der Waals surface area contributed by atoms with Gasteiger partial charge >= 0.3 is 0 Å². The van der Waals surface area contributed by atoms with Crippen LogP contribution in [0.2, 0.25) is 0 Å². The van der Waals surface area contributed by atoms with Crippen molar-refractivity contribution in [2.45, 2.75) is 45.9 Å². The van der Waals surface area contributed by atoms with Crippen LogP contribution >= 0.6 is 0 Å². The van der Waals surface area contributed by atoms with E-state index < -0.39 is 5.89 Å². The van der Waals surface area contributed by atoms with E-state index in [0.29, 0.717) is 0 Å². The molecule has 0 aliphatic rings. The standard InChI is InChI=1S/C37H33N3O/c1-23(2)24-14-16-25(17-15-24)26-18-19-28-29-12-9-13-30(34(29)41-32(28)22-26)36-39-35-31(20-21-33(38-35)37(3,4)5)40(36)27-10-7-6-8-11-27/h6-23H,1-5H3/i23D. The SMILES string of the molecule is [2H]C(C)(C)c1ccc(-c2ccc3c(c2)oc2c(-c4nc5nc(C(C)(C)C)ccc5n4-c4ccccc4)cccc23)cc1. The summed E-state index contributed by atoms with van der Waals surface area (Å²) in [5.74, 6) is 0.172. The first-order valence-electron chi connectivity index (χ1n) is 14.6. The zero-order valence-electron chi connectivity index (χ0n) is 25.1. The minimum Gasteiger partial charge on any atom is -0.455 e. The van der Waals surface area contributed by atoms with Gasteiger partial charge < -0.3 is 4.42 Å². The number of fused-ring (bicyclic) bond motifs is 4. The summed E-state index contributed by atoms with van der Waals surface area (Å²) in [6.45, 7) is 10.3. The highest BCUT2D eigenvalue weighted by Gasteiger charge is 2.22. The molecule has 0 radical (unpaired) electrons. The highest BCUT2D eigenvalue weighted by atomic mass is 16.3. The zero-order valence-corrected chi connectivity index (χ0v) is 24.1. The van der Waals surface area contributed by atoms with E-state index in [-0.39, 0.29) is 5.41 Å². The quantitative estimate of drug-likeness (QED) is 0.225. The molecule has 0 fully saturated rings. The second-order valence-electron chi connectivity index (χ2n) is 12.0. The molecular formula is C37H33N3O. The van der Waals surface area contributed by atoms with Crippen molar-refractivity contribution < 1.29 is 5.79 Å².